The van der Waals surface area contributed by atoms with E-state index in [1.54, 1.807) is 0 Å². The molecule has 0 N–H and O–H groups in total. The van der Waals surface area contributed by atoms with Crippen LogP contribution < -0.4 is 4.74 Å². The van der Waals surface area contributed by atoms with Crippen LogP contribution in [-0.2, 0) is 0 Å². The van der Waals surface area contributed by atoms with Gasteiger partial charge in [0.15, 0.2) is 0 Å². The molecular weight excluding hydrogens is 348 g/mol. The normalized spacial score (nSPS) is 11.0. The van der Waals surface area contributed by atoms with Gasteiger partial charge in [-0.25, -0.2) is 0 Å². The number of hydrogen-bond acceptors (Lipinski definition) is 1. The molecule has 0 heterocycles. The number of rotatable bonds is 7. The van der Waals surface area contributed by atoms with Crippen LogP contribution in [0.4, 0.5) is 0 Å². The van der Waals surface area contributed by atoms with Crippen LogP contribution in [0.3, 0.4) is 0 Å². The predicted octanol–water partition coefficient (Wildman–Crippen LogP) is 6.06. The molecule has 0 aliphatic carbocycles. The summed E-state index contributed by atoms with van der Waals surface area (Å²) < 4.78 is 5.85. The molecule has 1 nitrogen and oxygen atoms in total. The summed E-state index contributed by atoms with van der Waals surface area (Å²) in [6.07, 6.45) is 6.32. The van der Waals surface area contributed by atoms with Gasteiger partial charge in [0.2, 0.25) is 0 Å². The molecule has 0 aromatic heterocycles. The number of para-hydroxylation sites is 1. The third-order valence-electron chi connectivity index (χ3n) is 3.03. The van der Waals surface area contributed by atoms with Gasteiger partial charge in [0.1, 0.15) is 5.75 Å². The molecule has 0 fully saturated rings. The van der Waals surface area contributed by atoms with Gasteiger partial charge in [-0.05, 0) is 36.6 Å². The maximum atomic E-state index is 5.89. The Morgan fingerprint density at radius 3 is 2.48 bits per heavy atom. The third-order valence-corrected chi connectivity index (χ3v) is 3.84. The number of benzene rings is 2. The lowest BCUT2D eigenvalue weighted by atomic mass is 10.1. The van der Waals surface area contributed by atoms with E-state index in [0.29, 0.717) is 0 Å². The van der Waals surface area contributed by atoms with E-state index in [4.69, 9.17) is 16.3 Å². The van der Waals surface area contributed by atoms with E-state index in [1.165, 1.54) is 0 Å². The average Bonchev–Trinajstić information content (AvgIpc) is 2.52. The lowest BCUT2D eigenvalue weighted by Crippen LogP contribution is -1.98. The van der Waals surface area contributed by atoms with E-state index >= 15 is 0 Å². The highest BCUT2D eigenvalue weighted by Gasteiger charge is 1.99. The summed E-state index contributed by atoms with van der Waals surface area (Å²) in [5.41, 5.74) is 2.21. The van der Waals surface area contributed by atoms with Crippen LogP contribution in [-0.4, -0.2) is 11.9 Å². The molecule has 0 aliphatic rings. The van der Waals surface area contributed by atoms with Crippen molar-refractivity contribution in [3.8, 4) is 5.75 Å². The van der Waals surface area contributed by atoms with E-state index in [-0.39, 0.29) is 0 Å². The van der Waals surface area contributed by atoms with Gasteiger partial charge in [-0.15, -0.1) is 0 Å². The van der Waals surface area contributed by atoms with Gasteiger partial charge in [-0.2, -0.15) is 0 Å². The number of unbranched alkanes of at least 4 members (excludes halogenated alkanes) is 1. The first-order valence-corrected chi connectivity index (χ1v) is 8.51. The molecule has 2 aromatic rings. The predicted molar refractivity (Wildman–Crippen MR) is 95.3 cm³/mol. The quantitative estimate of drug-likeness (QED) is 0.329. The fourth-order valence-electron chi connectivity index (χ4n) is 1.89. The second-order valence-corrected chi connectivity index (χ2v) is 5.90. The van der Waals surface area contributed by atoms with Crippen molar-refractivity contribution in [2.45, 2.75) is 12.8 Å². The Bertz CT molecular complexity index is 578. The molecule has 110 valence electrons. The van der Waals surface area contributed by atoms with Crippen molar-refractivity contribution in [3.63, 3.8) is 0 Å². The van der Waals surface area contributed by atoms with Crippen LogP contribution >= 0.6 is 27.5 Å². The SMILES string of the molecule is Clc1ccc(/C=C/c2ccccc2OCCCCBr)cc1. The summed E-state index contributed by atoms with van der Waals surface area (Å²) in [6, 6.07) is 15.9. The number of hydrogen-bond donors (Lipinski definition) is 0. The van der Waals surface area contributed by atoms with Crippen molar-refractivity contribution in [1.29, 1.82) is 0 Å². The fourth-order valence-corrected chi connectivity index (χ4v) is 2.41. The molecule has 0 unspecified atom stereocenters. The molecule has 2 rings (SSSR count). The summed E-state index contributed by atoms with van der Waals surface area (Å²) in [5.74, 6) is 0.928. The molecule has 0 spiro atoms. The van der Waals surface area contributed by atoms with Gasteiger partial charge < -0.3 is 4.74 Å². The molecule has 0 atom stereocenters. The second-order valence-electron chi connectivity index (χ2n) is 4.67. The Kier molecular flexibility index (Phi) is 6.84. The zero-order valence-electron chi connectivity index (χ0n) is 11.8. The Labute approximate surface area is 139 Å². The molecule has 0 saturated carbocycles. The van der Waals surface area contributed by atoms with Gasteiger partial charge in [0, 0.05) is 15.9 Å². The topological polar surface area (TPSA) is 9.23 Å². The minimum Gasteiger partial charge on any atom is -0.493 e. The molecule has 21 heavy (non-hydrogen) atoms. The van der Waals surface area contributed by atoms with Crippen LogP contribution in [0.2, 0.25) is 5.02 Å². The number of ether oxygens (including phenoxy) is 1. The highest BCUT2D eigenvalue weighted by Crippen LogP contribution is 2.21. The Hall–Kier alpha value is -1.25. The first-order valence-electron chi connectivity index (χ1n) is 7.01. The first-order chi connectivity index (χ1) is 10.3. The highest BCUT2D eigenvalue weighted by molar-refractivity contribution is 9.09. The average molecular weight is 366 g/mol. The first kappa shape index (κ1) is 16.1. The summed E-state index contributed by atoms with van der Waals surface area (Å²) in [7, 11) is 0. The van der Waals surface area contributed by atoms with Crippen LogP contribution in [0.25, 0.3) is 12.2 Å². The molecule has 0 radical (unpaired) electrons. The van der Waals surface area contributed by atoms with Crippen molar-refractivity contribution in [2.75, 3.05) is 11.9 Å². The Balaban J connectivity index is 2.03. The number of halogens is 2. The van der Waals surface area contributed by atoms with Gasteiger partial charge in [-0.1, -0.05) is 70.0 Å². The standard InChI is InChI=1S/C18H18BrClO/c19-13-3-4-14-21-18-6-2-1-5-16(18)10-7-15-8-11-17(20)12-9-15/h1-2,5-12H,3-4,13-14H2/b10-7+. The molecule has 3 heteroatoms. The maximum absolute atomic E-state index is 5.89. The maximum Gasteiger partial charge on any atom is 0.126 e. The summed E-state index contributed by atoms with van der Waals surface area (Å²) in [6.45, 7) is 0.747. The number of alkyl halides is 1. The molecule has 0 aliphatic heterocycles. The molecule has 2 aromatic carbocycles. The van der Waals surface area contributed by atoms with Crippen molar-refractivity contribution in [3.05, 3.63) is 64.7 Å². The van der Waals surface area contributed by atoms with Gasteiger partial charge in [0.05, 0.1) is 6.61 Å². The molecule has 0 saturated heterocycles. The summed E-state index contributed by atoms with van der Waals surface area (Å²) >= 11 is 9.32. The Morgan fingerprint density at radius 2 is 1.71 bits per heavy atom. The lowest BCUT2D eigenvalue weighted by molar-refractivity contribution is 0.309. The van der Waals surface area contributed by atoms with Crippen LogP contribution in [0.1, 0.15) is 24.0 Å². The van der Waals surface area contributed by atoms with E-state index in [0.717, 1.165) is 46.7 Å². The third kappa shape index (κ3) is 5.56. The largest absolute Gasteiger partial charge is 0.493 e. The van der Waals surface area contributed by atoms with Crippen LogP contribution in [0.5, 0.6) is 5.75 Å². The van der Waals surface area contributed by atoms with Crippen LogP contribution in [0.15, 0.2) is 48.5 Å². The second kappa shape index (κ2) is 8.91. The molecule has 0 amide bonds. The molecule has 0 bridgehead atoms. The van der Waals surface area contributed by atoms with Crippen molar-refractivity contribution in [1.82, 2.24) is 0 Å². The Morgan fingerprint density at radius 1 is 0.952 bits per heavy atom. The summed E-state index contributed by atoms with van der Waals surface area (Å²) in [5, 5.41) is 1.77. The zero-order valence-corrected chi connectivity index (χ0v) is 14.1. The monoisotopic (exact) mass is 364 g/mol. The van der Waals surface area contributed by atoms with Crippen molar-refractivity contribution >= 4 is 39.7 Å². The zero-order chi connectivity index (χ0) is 14.9. The summed E-state index contributed by atoms with van der Waals surface area (Å²) in [4.78, 5) is 0. The van der Waals surface area contributed by atoms with Gasteiger partial charge in [0.25, 0.3) is 0 Å². The van der Waals surface area contributed by atoms with Crippen LogP contribution in [0, 0.1) is 0 Å². The smallest absolute Gasteiger partial charge is 0.126 e. The van der Waals surface area contributed by atoms with E-state index in [1.807, 2.05) is 42.5 Å². The molecular formula is C18H18BrClO. The van der Waals surface area contributed by atoms with E-state index in [2.05, 4.69) is 34.1 Å². The van der Waals surface area contributed by atoms with E-state index < -0.39 is 0 Å². The van der Waals surface area contributed by atoms with Crippen molar-refractivity contribution < 1.29 is 4.74 Å². The van der Waals surface area contributed by atoms with Crippen molar-refractivity contribution in [2.24, 2.45) is 0 Å². The minimum atomic E-state index is 0.747. The van der Waals surface area contributed by atoms with E-state index in [9.17, 15) is 0 Å². The lowest BCUT2D eigenvalue weighted by Gasteiger charge is -2.08. The van der Waals surface area contributed by atoms with Gasteiger partial charge >= 0.3 is 0 Å². The fraction of sp³-hybridized carbons (Fsp3) is 0.222. The highest BCUT2D eigenvalue weighted by atomic mass is 79.9. The van der Waals surface area contributed by atoms with Gasteiger partial charge in [-0.3, -0.25) is 0 Å². The minimum absolute atomic E-state index is 0.747.